The number of imide groups is 1. The van der Waals surface area contributed by atoms with Gasteiger partial charge in [0.15, 0.2) is 0 Å². The van der Waals surface area contributed by atoms with Crippen LogP contribution in [0.4, 0.5) is 4.79 Å². The Kier molecular flexibility index (Phi) is 6.43. The monoisotopic (exact) mass is 475 g/mol. The van der Waals surface area contributed by atoms with Crippen molar-refractivity contribution in [3.63, 3.8) is 0 Å². The van der Waals surface area contributed by atoms with Gasteiger partial charge in [-0.05, 0) is 50.4 Å². The lowest BCUT2D eigenvalue weighted by molar-refractivity contribution is -0.134. The number of nitrogens with zero attached hydrogens (tertiary/aromatic N) is 4. The minimum absolute atomic E-state index is 0.112. The van der Waals surface area contributed by atoms with Crippen molar-refractivity contribution in [3.8, 4) is 10.6 Å². The number of urea groups is 1. The highest BCUT2D eigenvalue weighted by atomic mass is 32.1. The standard InChI is InChI=1S/C26H29N5O2S/c1-2-26(24(32)31(25(33)29-26)17-21-10-6-7-13-27-21)20-11-14-30(15-12-20)18-22-16-28-23(34-22)19-8-4-3-5-9-19/h3-10,13,16,20H,2,11-12,14-15,17-18H2,1H3,(H,29,33)/t26-/m1/s1. The number of piperidine rings is 1. The number of likely N-dealkylation sites (tertiary alicyclic amines) is 1. The summed E-state index contributed by atoms with van der Waals surface area (Å²) < 4.78 is 0. The Morgan fingerprint density at radius 3 is 2.50 bits per heavy atom. The first-order valence-electron chi connectivity index (χ1n) is 11.9. The van der Waals surface area contributed by atoms with E-state index < -0.39 is 5.54 Å². The van der Waals surface area contributed by atoms with Crippen molar-refractivity contribution in [1.82, 2.24) is 25.1 Å². The van der Waals surface area contributed by atoms with E-state index in [9.17, 15) is 9.59 Å². The van der Waals surface area contributed by atoms with E-state index in [4.69, 9.17) is 0 Å². The number of rotatable bonds is 7. The van der Waals surface area contributed by atoms with Gasteiger partial charge in [-0.15, -0.1) is 11.3 Å². The highest BCUT2D eigenvalue weighted by molar-refractivity contribution is 7.15. The zero-order chi connectivity index (χ0) is 23.5. The molecule has 5 rings (SSSR count). The maximum absolute atomic E-state index is 13.5. The van der Waals surface area contributed by atoms with E-state index in [1.54, 1.807) is 17.5 Å². The van der Waals surface area contributed by atoms with E-state index in [0.717, 1.165) is 43.0 Å². The molecule has 3 aromatic rings. The molecule has 1 aromatic carbocycles. The van der Waals surface area contributed by atoms with E-state index in [-0.39, 0.29) is 24.4 Å². The molecule has 2 aliphatic rings. The lowest BCUT2D eigenvalue weighted by Crippen LogP contribution is -2.55. The summed E-state index contributed by atoms with van der Waals surface area (Å²) in [5, 5.41) is 4.12. The summed E-state index contributed by atoms with van der Waals surface area (Å²) in [5.41, 5.74) is 1.04. The minimum atomic E-state index is -0.817. The molecule has 0 bridgehead atoms. The van der Waals surface area contributed by atoms with Gasteiger partial charge in [-0.25, -0.2) is 9.78 Å². The maximum atomic E-state index is 13.5. The molecule has 1 N–H and O–H groups in total. The molecule has 2 fully saturated rings. The third-order valence-electron chi connectivity index (χ3n) is 7.04. The first kappa shape index (κ1) is 22.7. The largest absolute Gasteiger partial charge is 0.325 e. The van der Waals surface area contributed by atoms with E-state index >= 15 is 0 Å². The Balaban J connectivity index is 1.22. The summed E-state index contributed by atoms with van der Waals surface area (Å²) in [6.45, 7) is 4.86. The molecule has 3 amide bonds. The first-order chi connectivity index (χ1) is 16.6. The van der Waals surface area contributed by atoms with E-state index in [0.29, 0.717) is 12.1 Å². The Morgan fingerprint density at radius 1 is 1.03 bits per heavy atom. The fourth-order valence-electron chi connectivity index (χ4n) is 5.15. The molecule has 34 heavy (non-hydrogen) atoms. The lowest BCUT2D eigenvalue weighted by atomic mass is 9.75. The van der Waals surface area contributed by atoms with Gasteiger partial charge in [-0.3, -0.25) is 19.6 Å². The van der Waals surface area contributed by atoms with Gasteiger partial charge in [0.2, 0.25) is 0 Å². The van der Waals surface area contributed by atoms with Gasteiger partial charge in [0, 0.05) is 29.4 Å². The second kappa shape index (κ2) is 9.64. The van der Waals surface area contributed by atoms with Gasteiger partial charge >= 0.3 is 6.03 Å². The molecule has 0 spiro atoms. The third-order valence-corrected chi connectivity index (χ3v) is 8.08. The molecule has 0 aliphatic carbocycles. The van der Waals surface area contributed by atoms with Crippen LogP contribution in [0.25, 0.3) is 10.6 Å². The Bertz CT molecular complexity index is 1140. The van der Waals surface area contributed by atoms with Gasteiger partial charge in [0.25, 0.3) is 5.91 Å². The number of benzene rings is 1. The average Bonchev–Trinajstić information content (AvgIpc) is 3.44. The van der Waals surface area contributed by atoms with Crippen LogP contribution in [0.15, 0.2) is 60.9 Å². The van der Waals surface area contributed by atoms with Gasteiger partial charge in [-0.1, -0.05) is 43.3 Å². The fraction of sp³-hybridized carbons (Fsp3) is 0.385. The van der Waals surface area contributed by atoms with Crippen molar-refractivity contribution in [2.75, 3.05) is 13.1 Å². The van der Waals surface area contributed by atoms with E-state index in [1.807, 2.05) is 49.5 Å². The smallest absolute Gasteiger partial charge is 0.323 e. The predicted molar refractivity (Wildman–Crippen MR) is 132 cm³/mol. The molecule has 176 valence electrons. The molecule has 1 atom stereocenters. The molecule has 0 unspecified atom stereocenters. The normalized spacial score (nSPS) is 21.7. The van der Waals surface area contributed by atoms with Crippen molar-refractivity contribution < 1.29 is 9.59 Å². The van der Waals surface area contributed by atoms with Crippen molar-refractivity contribution in [2.24, 2.45) is 5.92 Å². The molecule has 2 saturated heterocycles. The van der Waals surface area contributed by atoms with Crippen molar-refractivity contribution in [1.29, 1.82) is 0 Å². The van der Waals surface area contributed by atoms with Crippen LogP contribution in [0.3, 0.4) is 0 Å². The van der Waals surface area contributed by atoms with Crippen LogP contribution in [-0.4, -0.2) is 50.3 Å². The van der Waals surface area contributed by atoms with Crippen LogP contribution in [0.5, 0.6) is 0 Å². The summed E-state index contributed by atoms with van der Waals surface area (Å²) in [7, 11) is 0. The Hall–Kier alpha value is -3.10. The number of carbonyl (C=O) groups excluding carboxylic acids is 2. The molecule has 2 aliphatic heterocycles. The average molecular weight is 476 g/mol. The quantitative estimate of drug-likeness (QED) is 0.515. The predicted octanol–water partition coefficient (Wildman–Crippen LogP) is 4.32. The number of pyridine rings is 1. The molecule has 4 heterocycles. The maximum Gasteiger partial charge on any atom is 0.325 e. The van der Waals surface area contributed by atoms with Gasteiger partial charge in [0.1, 0.15) is 10.5 Å². The molecule has 8 heteroatoms. The number of hydrogen-bond donors (Lipinski definition) is 1. The second-order valence-electron chi connectivity index (χ2n) is 9.02. The molecule has 0 saturated carbocycles. The number of nitrogens with one attached hydrogen (secondary N) is 1. The summed E-state index contributed by atoms with van der Waals surface area (Å²) in [5.74, 6) is 0.0133. The van der Waals surface area contributed by atoms with Crippen LogP contribution in [0.1, 0.15) is 36.8 Å². The minimum Gasteiger partial charge on any atom is -0.323 e. The number of carbonyl (C=O) groups is 2. The van der Waals surface area contributed by atoms with Crippen LogP contribution in [-0.2, 0) is 17.9 Å². The molecular weight excluding hydrogens is 446 g/mol. The first-order valence-corrected chi connectivity index (χ1v) is 12.7. The van der Waals surface area contributed by atoms with Crippen molar-refractivity contribution in [2.45, 2.75) is 44.8 Å². The molecular formula is C26H29N5O2S. The number of amides is 3. The van der Waals surface area contributed by atoms with Gasteiger partial charge < -0.3 is 5.32 Å². The zero-order valence-corrected chi connectivity index (χ0v) is 20.1. The van der Waals surface area contributed by atoms with Crippen LogP contribution < -0.4 is 5.32 Å². The summed E-state index contributed by atoms with van der Waals surface area (Å²) in [6, 6.07) is 15.5. The Labute approximate surface area is 203 Å². The van der Waals surface area contributed by atoms with Crippen molar-refractivity contribution in [3.05, 3.63) is 71.5 Å². The summed E-state index contributed by atoms with van der Waals surface area (Å²) in [6.07, 6.45) is 6.00. The lowest BCUT2D eigenvalue weighted by Gasteiger charge is -2.40. The topological polar surface area (TPSA) is 78.4 Å². The van der Waals surface area contributed by atoms with Gasteiger partial charge in [-0.2, -0.15) is 0 Å². The summed E-state index contributed by atoms with van der Waals surface area (Å²) >= 11 is 1.73. The zero-order valence-electron chi connectivity index (χ0n) is 19.3. The summed E-state index contributed by atoms with van der Waals surface area (Å²) in [4.78, 5) is 40.2. The number of thiazole rings is 1. The van der Waals surface area contributed by atoms with E-state index in [1.165, 1.54) is 9.78 Å². The van der Waals surface area contributed by atoms with Crippen LogP contribution >= 0.6 is 11.3 Å². The Morgan fingerprint density at radius 2 is 1.79 bits per heavy atom. The molecule has 2 aromatic heterocycles. The van der Waals surface area contributed by atoms with E-state index in [2.05, 4.69) is 32.3 Å². The highest BCUT2D eigenvalue weighted by Gasteiger charge is 2.54. The second-order valence-corrected chi connectivity index (χ2v) is 10.1. The SMILES string of the molecule is CC[C@]1(C2CCN(Cc3cnc(-c4ccccc4)s3)CC2)NC(=O)N(Cc2ccccn2)C1=O. The van der Waals surface area contributed by atoms with Crippen molar-refractivity contribution >= 4 is 23.3 Å². The molecule has 0 radical (unpaired) electrons. The fourth-order valence-corrected chi connectivity index (χ4v) is 6.11. The van der Waals surface area contributed by atoms with Crippen LogP contribution in [0.2, 0.25) is 0 Å². The number of hydrogen-bond acceptors (Lipinski definition) is 6. The highest BCUT2D eigenvalue weighted by Crippen LogP contribution is 2.37. The molecule has 7 nitrogen and oxygen atoms in total. The number of aromatic nitrogens is 2. The van der Waals surface area contributed by atoms with Crippen LogP contribution in [0, 0.1) is 5.92 Å². The van der Waals surface area contributed by atoms with Gasteiger partial charge in [0.05, 0.1) is 12.2 Å². The third kappa shape index (κ3) is 4.35.